The number of halogens is 1. The van der Waals surface area contributed by atoms with Crippen LogP contribution in [0.25, 0.3) is 0 Å². The number of carbonyl (C=O) groups excluding carboxylic acids is 2. The lowest BCUT2D eigenvalue weighted by molar-refractivity contribution is -0.116. The van der Waals surface area contributed by atoms with Crippen molar-refractivity contribution >= 4 is 34.8 Å². The van der Waals surface area contributed by atoms with Crippen LogP contribution in [0.2, 0.25) is 5.02 Å². The Morgan fingerprint density at radius 3 is 2.38 bits per heavy atom. The van der Waals surface area contributed by atoms with E-state index >= 15 is 0 Å². The summed E-state index contributed by atoms with van der Waals surface area (Å²) in [4.78, 5) is 50.9. The van der Waals surface area contributed by atoms with Crippen molar-refractivity contribution in [3.05, 3.63) is 55.7 Å². The summed E-state index contributed by atoms with van der Waals surface area (Å²) in [5.74, 6) is -1.04. The van der Waals surface area contributed by atoms with Gasteiger partial charge in [0, 0.05) is 24.3 Å². The molecule has 29 heavy (non-hydrogen) atoms. The number of hydrogen-bond donors (Lipinski definition) is 2. The molecule has 0 aliphatic heterocycles. The van der Waals surface area contributed by atoms with E-state index in [0.717, 1.165) is 4.57 Å². The number of nitrogens with zero attached hydrogens (tertiary/aromatic N) is 3. The van der Waals surface area contributed by atoms with Gasteiger partial charge in [0.25, 0.3) is 5.56 Å². The molecule has 2 rings (SSSR count). The van der Waals surface area contributed by atoms with E-state index in [-0.39, 0.29) is 30.4 Å². The molecule has 0 bridgehead atoms. The molecule has 0 aliphatic rings. The summed E-state index contributed by atoms with van der Waals surface area (Å²) in [6.07, 6.45) is 0.612. The molecule has 10 heteroatoms. The number of aromatic nitrogens is 2. The maximum atomic E-state index is 12.7. The van der Waals surface area contributed by atoms with Gasteiger partial charge in [-0.25, -0.2) is 4.79 Å². The number of amides is 1. The van der Waals surface area contributed by atoms with E-state index in [1.807, 2.05) is 6.92 Å². The normalized spacial score (nSPS) is 10.9. The molecule has 156 valence electrons. The van der Waals surface area contributed by atoms with Crippen LogP contribution in [0.3, 0.4) is 0 Å². The minimum Gasteiger partial charge on any atom is -0.384 e. The molecule has 1 heterocycles. The molecule has 3 N–H and O–H groups in total. The lowest BCUT2D eigenvalue weighted by Gasteiger charge is -2.17. The van der Waals surface area contributed by atoms with E-state index < -0.39 is 17.0 Å². The van der Waals surface area contributed by atoms with Crippen LogP contribution >= 0.6 is 11.6 Å². The molecule has 0 saturated heterocycles. The molecule has 0 spiro atoms. The van der Waals surface area contributed by atoms with Gasteiger partial charge in [-0.05, 0) is 37.7 Å². The summed E-state index contributed by atoms with van der Waals surface area (Å²) >= 11 is 5.81. The second kappa shape index (κ2) is 9.53. The Morgan fingerprint density at radius 1 is 1.17 bits per heavy atom. The number of benzene rings is 1. The fourth-order valence-electron chi connectivity index (χ4n) is 2.84. The van der Waals surface area contributed by atoms with Gasteiger partial charge in [-0.15, -0.1) is 0 Å². The molecule has 0 fully saturated rings. The van der Waals surface area contributed by atoms with Crippen LogP contribution in [0.4, 0.5) is 11.5 Å². The Bertz CT molecular complexity index is 1030. The monoisotopic (exact) mass is 421 g/mol. The standard InChI is InChI=1S/C19H24ClN5O4/c1-4-9-25-17(21)16(18(28)24(3)19(25)29)14(26)10-23(2)11-15(27)22-13-7-5-12(20)6-8-13/h5-8H,4,9-11,21H2,1-3H3,(H,22,27). The molecular weight excluding hydrogens is 398 g/mol. The van der Waals surface area contributed by atoms with Crippen molar-refractivity contribution < 1.29 is 9.59 Å². The topological polar surface area (TPSA) is 119 Å². The fourth-order valence-corrected chi connectivity index (χ4v) is 2.97. The van der Waals surface area contributed by atoms with Crippen LogP contribution in [0.5, 0.6) is 0 Å². The molecule has 9 nitrogen and oxygen atoms in total. The van der Waals surface area contributed by atoms with Gasteiger partial charge in [0.05, 0.1) is 13.1 Å². The van der Waals surface area contributed by atoms with E-state index in [1.54, 1.807) is 31.3 Å². The number of hydrogen-bond acceptors (Lipinski definition) is 6. The zero-order valence-electron chi connectivity index (χ0n) is 16.6. The van der Waals surface area contributed by atoms with Crippen molar-refractivity contribution in [2.45, 2.75) is 19.9 Å². The Labute approximate surface area is 172 Å². The largest absolute Gasteiger partial charge is 0.384 e. The van der Waals surface area contributed by atoms with Crippen molar-refractivity contribution in [1.29, 1.82) is 0 Å². The molecule has 0 atom stereocenters. The summed E-state index contributed by atoms with van der Waals surface area (Å²) in [5.41, 5.74) is 4.97. The van der Waals surface area contributed by atoms with Crippen LogP contribution in [0, 0.1) is 0 Å². The molecule has 2 aromatic rings. The molecule has 0 saturated carbocycles. The highest BCUT2D eigenvalue weighted by molar-refractivity contribution is 6.30. The summed E-state index contributed by atoms with van der Waals surface area (Å²) in [6.45, 7) is 1.85. The van der Waals surface area contributed by atoms with Crippen LogP contribution in [-0.2, 0) is 18.4 Å². The first kappa shape index (κ1) is 22.4. The number of nitrogen functional groups attached to an aromatic ring is 1. The van der Waals surface area contributed by atoms with E-state index in [0.29, 0.717) is 23.7 Å². The summed E-state index contributed by atoms with van der Waals surface area (Å²) in [7, 11) is 2.87. The number of ketones is 1. The lowest BCUT2D eigenvalue weighted by atomic mass is 10.1. The quantitative estimate of drug-likeness (QED) is 0.612. The van der Waals surface area contributed by atoms with Gasteiger partial charge in [0.15, 0.2) is 5.78 Å². The zero-order valence-corrected chi connectivity index (χ0v) is 17.3. The number of rotatable bonds is 8. The molecule has 0 radical (unpaired) electrons. The van der Waals surface area contributed by atoms with E-state index in [9.17, 15) is 19.2 Å². The number of nitrogens with two attached hydrogens (primary N) is 1. The van der Waals surface area contributed by atoms with Gasteiger partial charge in [-0.3, -0.25) is 28.4 Å². The highest BCUT2D eigenvalue weighted by Crippen LogP contribution is 2.13. The number of anilines is 2. The number of nitrogens with one attached hydrogen (secondary N) is 1. The van der Waals surface area contributed by atoms with Gasteiger partial charge in [0.1, 0.15) is 11.4 Å². The minimum atomic E-state index is -0.746. The predicted octanol–water partition coefficient (Wildman–Crippen LogP) is 0.946. The Morgan fingerprint density at radius 2 is 1.79 bits per heavy atom. The van der Waals surface area contributed by atoms with Gasteiger partial charge in [-0.2, -0.15) is 0 Å². The van der Waals surface area contributed by atoms with Gasteiger partial charge in [0.2, 0.25) is 5.91 Å². The van der Waals surface area contributed by atoms with Gasteiger partial charge < -0.3 is 11.1 Å². The Hall–Kier alpha value is -2.91. The average molecular weight is 422 g/mol. The first-order valence-corrected chi connectivity index (χ1v) is 9.40. The maximum absolute atomic E-state index is 12.7. The van der Waals surface area contributed by atoms with Crippen LogP contribution in [0.1, 0.15) is 23.7 Å². The highest BCUT2D eigenvalue weighted by Gasteiger charge is 2.22. The number of Topliss-reactive ketones (excluding diaryl/α,β-unsaturated/α-hetero) is 1. The van der Waals surface area contributed by atoms with Crippen molar-refractivity contribution in [3.8, 4) is 0 Å². The predicted molar refractivity (Wildman–Crippen MR) is 113 cm³/mol. The third kappa shape index (κ3) is 5.33. The van der Waals surface area contributed by atoms with E-state index in [4.69, 9.17) is 17.3 Å². The summed E-state index contributed by atoms with van der Waals surface area (Å²) in [5, 5.41) is 3.24. The van der Waals surface area contributed by atoms with Crippen molar-refractivity contribution in [3.63, 3.8) is 0 Å². The van der Waals surface area contributed by atoms with Crippen LogP contribution in [-0.4, -0.2) is 45.9 Å². The third-order valence-electron chi connectivity index (χ3n) is 4.26. The van der Waals surface area contributed by atoms with Gasteiger partial charge in [-0.1, -0.05) is 18.5 Å². The first-order chi connectivity index (χ1) is 13.6. The van der Waals surface area contributed by atoms with Crippen LogP contribution in [0.15, 0.2) is 33.9 Å². The SMILES string of the molecule is CCCn1c(N)c(C(=O)CN(C)CC(=O)Nc2ccc(Cl)cc2)c(=O)n(C)c1=O. The van der Waals surface area contributed by atoms with Crippen molar-refractivity contribution in [2.75, 3.05) is 31.2 Å². The highest BCUT2D eigenvalue weighted by atomic mass is 35.5. The Kier molecular flexibility index (Phi) is 7.35. The minimum absolute atomic E-state index is 0.0802. The lowest BCUT2D eigenvalue weighted by Crippen LogP contribution is -2.44. The molecule has 1 aromatic heterocycles. The summed E-state index contributed by atoms with van der Waals surface area (Å²) < 4.78 is 2.08. The van der Waals surface area contributed by atoms with Crippen molar-refractivity contribution in [1.82, 2.24) is 14.0 Å². The third-order valence-corrected chi connectivity index (χ3v) is 4.52. The first-order valence-electron chi connectivity index (χ1n) is 9.02. The molecule has 0 aliphatic carbocycles. The van der Waals surface area contributed by atoms with Crippen molar-refractivity contribution in [2.24, 2.45) is 7.05 Å². The number of carbonyl (C=O) groups is 2. The summed E-state index contributed by atoms with van der Waals surface area (Å²) in [6, 6.07) is 6.61. The number of likely N-dealkylation sites (N-methyl/N-ethyl adjacent to an activating group) is 1. The fraction of sp³-hybridized carbons (Fsp3) is 0.368. The van der Waals surface area contributed by atoms with Gasteiger partial charge >= 0.3 is 5.69 Å². The second-order valence-corrected chi connectivity index (χ2v) is 7.15. The molecule has 1 aromatic carbocycles. The van der Waals surface area contributed by atoms with E-state index in [1.165, 1.54) is 16.5 Å². The molecule has 1 amide bonds. The smallest absolute Gasteiger partial charge is 0.332 e. The molecular formula is C19H24ClN5O4. The van der Waals surface area contributed by atoms with Crippen LogP contribution < -0.4 is 22.3 Å². The van der Waals surface area contributed by atoms with E-state index in [2.05, 4.69) is 5.32 Å². The second-order valence-electron chi connectivity index (χ2n) is 6.71. The molecule has 0 unspecified atom stereocenters. The zero-order chi connectivity index (χ0) is 21.7. The maximum Gasteiger partial charge on any atom is 0.332 e. The Balaban J connectivity index is 2.13. The average Bonchev–Trinajstić information content (AvgIpc) is 2.65.